The van der Waals surface area contributed by atoms with Crippen LogP contribution in [-0.4, -0.2) is 56.3 Å². The summed E-state index contributed by atoms with van der Waals surface area (Å²) in [4.78, 5) is 13.6. The molecule has 0 unspecified atom stereocenters. The maximum atomic E-state index is 14.0. The molecule has 1 fully saturated rings. The van der Waals surface area contributed by atoms with Crippen LogP contribution in [0.4, 0.5) is 8.78 Å². The zero-order valence-corrected chi connectivity index (χ0v) is 19.1. The topological polar surface area (TPSA) is 66.9 Å². The first-order valence-electron chi connectivity index (χ1n) is 10.8. The summed E-state index contributed by atoms with van der Waals surface area (Å²) >= 11 is 0. The standard InChI is InChI=1S/C25H24F2N2O4S/c26-21-11-12-22(27)23(17-21)34(31,32)29-15-13-28(14-16-29)24(30)18-33-25(19-7-3-1-4-8-19)20-9-5-2-6-10-20/h1-12,17,25H,13-16,18H2. The van der Waals surface area contributed by atoms with Gasteiger partial charge in [-0.2, -0.15) is 4.31 Å². The van der Waals surface area contributed by atoms with Gasteiger partial charge in [0.1, 0.15) is 29.2 Å². The number of halogens is 2. The lowest BCUT2D eigenvalue weighted by molar-refractivity contribution is -0.138. The number of sulfonamides is 1. The van der Waals surface area contributed by atoms with Gasteiger partial charge < -0.3 is 9.64 Å². The molecule has 0 radical (unpaired) electrons. The first-order chi connectivity index (χ1) is 16.4. The molecule has 34 heavy (non-hydrogen) atoms. The summed E-state index contributed by atoms with van der Waals surface area (Å²) in [7, 11) is -4.21. The highest BCUT2D eigenvalue weighted by molar-refractivity contribution is 7.89. The number of nitrogens with zero attached hydrogens (tertiary/aromatic N) is 2. The molecule has 0 N–H and O–H groups in total. The van der Waals surface area contributed by atoms with Crippen LogP contribution in [0.5, 0.6) is 0 Å². The van der Waals surface area contributed by atoms with Gasteiger partial charge in [0.05, 0.1) is 0 Å². The van der Waals surface area contributed by atoms with Gasteiger partial charge in [0, 0.05) is 26.2 Å². The highest BCUT2D eigenvalue weighted by Gasteiger charge is 2.32. The molecule has 0 bridgehead atoms. The molecule has 3 aromatic rings. The summed E-state index contributed by atoms with van der Waals surface area (Å²) in [6, 6.07) is 21.4. The van der Waals surface area contributed by atoms with E-state index in [1.165, 1.54) is 4.90 Å². The number of amides is 1. The van der Waals surface area contributed by atoms with Gasteiger partial charge in [-0.1, -0.05) is 60.7 Å². The van der Waals surface area contributed by atoms with E-state index in [0.29, 0.717) is 6.07 Å². The maximum Gasteiger partial charge on any atom is 0.248 e. The summed E-state index contributed by atoms with van der Waals surface area (Å²) in [6.07, 6.45) is -0.427. The van der Waals surface area contributed by atoms with Crippen LogP contribution >= 0.6 is 0 Å². The second-order valence-corrected chi connectivity index (χ2v) is 9.78. The van der Waals surface area contributed by atoms with Crippen molar-refractivity contribution in [3.8, 4) is 0 Å². The molecule has 9 heteroatoms. The zero-order chi connectivity index (χ0) is 24.1. The highest BCUT2D eigenvalue weighted by Crippen LogP contribution is 2.26. The third-order valence-electron chi connectivity index (χ3n) is 5.68. The van der Waals surface area contributed by atoms with E-state index >= 15 is 0 Å². The number of piperazine rings is 1. The van der Waals surface area contributed by atoms with Crippen LogP contribution in [0.3, 0.4) is 0 Å². The molecule has 1 heterocycles. The summed E-state index contributed by atoms with van der Waals surface area (Å²) in [5, 5.41) is 0. The SMILES string of the molecule is O=C(COC(c1ccccc1)c1ccccc1)N1CCN(S(=O)(=O)c2cc(F)ccc2F)CC1. The van der Waals surface area contributed by atoms with Crippen molar-refractivity contribution in [3.63, 3.8) is 0 Å². The molecular formula is C25H24F2N2O4S. The van der Waals surface area contributed by atoms with Gasteiger partial charge in [0.25, 0.3) is 0 Å². The van der Waals surface area contributed by atoms with Crippen LogP contribution in [0.25, 0.3) is 0 Å². The second kappa shape index (κ2) is 10.4. The number of hydrogen-bond acceptors (Lipinski definition) is 4. The molecule has 178 valence electrons. The van der Waals surface area contributed by atoms with E-state index in [4.69, 9.17) is 4.74 Å². The average molecular weight is 487 g/mol. The van der Waals surface area contributed by atoms with Crippen molar-refractivity contribution >= 4 is 15.9 Å². The van der Waals surface area contributed by atoms with Crippen molar-refractivity contribution in [3.05, 3.63) is 102 Å². The first-order valence-corrected chi connectivity index (χ1v) is 12.2. The largest absolute Gasteiger partial charge is 0.359 e. The van der Waals surface area contributed by atoms with E-state index < -0.39 is 32.7 Å². The van der Waals surface area contributed by atoms with E-state index in [9.17, 15) is 22.0 Å². The first kappa shape index (κ1) is 24.0. The van der Waals surface area contributed by atoms with Gasteiger partial charge >= 0.3 is 0 Å². The number of carbonyl (C=O) groups is 1. The Bertz CT molecular complexity index is 1190. The molecular weight excluding hydrogens is 462 g/mol. The Morgan fingerprint density at radius 1 is 0.853 bits per heavy atom. The Hall–Kier alpha value is -3.14. The lowest BCUT2D eigenvalue weighted by atomic mass is 10.0. The molecule has 0 spiro atoms. The van der Waals surface area contributed by atoms with Crippen LogP contribution in [0, 0.1) is 11.6 Å². The van der Waals surface area contributed by atoms with Crippen molar-refractivity contribution < 1.29 is 26.7 Å². The summed E-state index contributed by atoms with van der Waals surface area (Å²) in [5.41, 5.74) is 1.82. The predicted octanol–water partition coefficient (Wildman–Crippen LogP) is 3.60. The number of carbonyl (C=O) groups excluding carboxylic acids is 1. The van der Waals surface area contributed by atoms with Gasteiger partial charge in [0.2, 0.25) is 15.9 Å². The van der Waals surface area contributed by atoms with Crippen molar-refractivity contribution in [2.75, 3.05) is 32.8 Å². The number of hydrogen-bond donors (Lipinski definition) is 0. The van der Waals surface area contributed by atoms with Crippen LogP contribution in [0.2, 0.25) is 0 Å². The fraction of sp³-hybridized carbons (Fsp3) is 0.240. The lowest BCUT2D eigenvalue weighted by Crippen LogP contribution is -2.51. The molecule has 1 amide bonds. The molecule has 1 aliphatic rings. The zero-order valence-electron chi connectivity index (χ0n) is 18.3. The second-order valence-electron chi connectivity index (χ2n) is 7.87. The van der Waals surface area contributed by atoms with Crippen LogP contribution in [-0.2, 0) is 19.6 Å². The normalized spacial score (nSPS) is 15.0. The van der Waals surface area contributed by atoms with Gasteiger partial charge in [-0.25, -0.2) is 17.2 Å². The molecule has 6 nitrogen and oxygen atoms in total. The predicted molar refractivity (Wildman–Crippen MR) is 122 cm³/mol. The van der Waals surface area contributed by atoms with Crippen LogP contribution in [0.15, 0.2) is 83.8 Å². The molecule has 0 atom stereocenters. The van der Waals surface area contributed by atoms with E-state index in [1.54, 1.807) is 0 Å². The summed E-state index contributed by atoms with van der Waals surface area (Å²) < 4.78 is 60.1. The number of rotatable bonds is 7. The lowest BCUT2D eigenvalue weighted by Gasteiger charge is -2.34. The Labute approximate surface area is 197 Å². The Morgan fingerprint density at radius 2 is 1.41 bits per heavy atom. The van der Waals surface area contributed by atoms with Gasteiger partial charge in [0.15, 0.2) is 0 Å². The van der Waals surface area contributed by atoms with E-state index in [0.717, 1.165) is 27.6 Å². The van der Waals surface area contributed by atoms with Gasteiger partial charge in [-0.3, -0.25) is 4.79 Å². The van der Waals surface area contributed by atoms with Gasteiger partial charge in [-0.15, -0.1) is 0 Å². The van der Waals surface area contributed by atoms with Crippen molar-refractivity contribution in [2.24, 2.45) is 0 Å². The minimum absolute atomic E-state index is 0.0230. The average Bonchev–Trinajstić information content (AvgIpc) is 2.87. The third kappa shape index (κ3) is 5.32. The Balaban J connectivity index is 1.39. The molecule has 0 aliphatic carbocycles. The smallest absolute Gasteiger partial charge is 0.248 e. The molecule has 0 aromatic heterocycles. The van der Waals surface area contributed by atoms with Crippen LogP contribution in [0.1, 0.15) is 17.2 Å². The maximum absolute atomic E-state index is 14.0. The molecule has 1 aliphatic heterocycles. The monoisotopic (exact) mass is 486 g/mol. The fourth-order valence-electron chi connectivity index (χ4n) is 3.88. The molecule has 4 rings (SSSR count). The van der Waals surface area contributed by atoms with Crippen molar-refractivity contribution in [2.45, 2.75) is 11.0 Å². The van der Waals surface area contributed by atoms with E-state index in [-0.39, 0.29) is 38.7 Å². The van der Waals surface area contributed by atoms with Crippen molar-refractivity contribution in [1.82, 2.24) is 9.21 Å². The third-order valence-corrected chi connectivity index (χ3v) is 7.59. The molecule has 1 saturated heterocycles. The van der Waals surface area contributed by atoms with E-state index in [1.807, 2.05) is 60.7 Å². The van der Waals surface area contributed by atoms with Crippen LogP contribution < -0.4 is 0 Å². The quantitative estimate of drug-likeness (QED) is 0.512. The van der Waals surface area contributed by atoms with Gasteiger partial charge in [-0.05, 0) is 29.3 Å². The Morgan fingerprint density at radius 3 is 1.97 bits per heavy atom. The number of ether oxygens (including phenoxy) is 1. The molecule has 3 aromatic carbocycles. The minimum Gasteiger partial charge on any atom is -0.359 e. The minimum atomic E-state index is -4.21. The highest BCUT2D eigenvalue weighted by atomic mass is 32.2. The molecule has 0 saturated carbocycles. The number of benzene rings is 3. The Kier molecular flexibility index (Phi) is 7.35. The fourth-order valence-corrected chi connectivity index (χ4v) is 5.38. The van der Waals surface area contributed by atoms with Crippen molar-refractivity contribution in [1.29, 1.82) is 0 Å². The van der Waals surface area contributed by atoms with E-state index in [2.05, 4.69) is 0 Å². The summed E-state index contributed by atoms with van der Waals surface area (Å²) in [5.74, 6) is -2.12. The summed E-state index contributed by atoms with van der Waals surface area (Å²) in [6.45, 7) is 0.0226.